The zero-order valence-electron chi connectivity index (χ0n) is 19.6. The van der Waals surface area contributed by atoms with Crippen LogP contribution in [0.25, 0.3) is 16.6 Å². The van der Waals surface area contributed by atoms with Crippen molar-refractivity contribution in [1.82, 2.24) is 4.57 Å². The lowest BCUT2D eigenvalue weighted by Crippen LogP contribution is -2.43. The molecule has 0 saturated carbocycles. The van der Waals surface area contributed by atoms with Gasteiger partial charge in [-0.1, -0.05) is 19.9 Å². The summed E-state index contributed by atoms with van der Waals surface area (Å²) in [6, 6.07) is 8.59. The number of hydrogen-bond donors (Lipinski definition) is 2. The molecule has 0 aliphatic carbocycles. The number of aromatic hydroxyl groups is 1. The summed E-state index contributed by atoms with van der Waals surface area (Å²) in [5.74, 6) is -3.22. The van der Waals surface area contributed by atoms with Crippen LogP contribution in [0.5, 0.6) is 5.75 Å². The van der Waals surface area contributed by atoms with E-state index >= 15 is 0 Å². The Morgan fingerprint density at radius 1 is 1.18 bits per heavy atom. The van der Waals surface area contributed by atoms with Crippen LogP contribution in [0.3, 0.4) is 0 Å². The largest absolute Gasteiger partial charge is 0.507 e. The molecule has 1 aliphatic rings. The van der Waals surface area contributed by atoms with Crippen molar-refractivity contribution in [3.05, 3.63) is 59.3 Å². The third-order valence-electron chi connectivity index (χ3n) is 7.02. The van der Waals surface area contributed by atoms with E-state index in [1.165, 1.54) is 19.1 Å². The van der Waals surface area contributed by atoms with Crippen molar-refractivity contribution in [2.24, 2.45) is 5.41 Å². The summed E-state index contributed by atoms with van der Waals surface area (Å²) >= 11 is 0. The van der Waals surface area contributed by atoms with Crippen molar-refractivity contribution in [3.63, 3.8) is 0 Å². The van der Waals surface area contributed by atoms with Crippen LogP contribution >= 0.6 is 0 Å². The van der Waals surface area contributed by atoms with Crippen LogP contribution in [0.15, 0.2) is 36.4 Å². The molecule has 0 saturated heterocycles. The Hall–Kier alpha value is -3.00. The molecule has 0 spiro atoms. The summed E-state index contributed by atoms with van der Waals surface area (Å²) in [6.07, 6.45) is 0.175. The first-order chi connectivity index (χ1) is 15.8. The smallest absolute Gasteiger partial charge is 0.312 e. The van der Waals surface area contributed by atoms with Crippen molar-refractivity contribution < 1.29 is 32.9 Å². The number of carbonyl (C=O) groups is 1. The molecule has 1 aromatic heterocycles. The molecule has 3 aromatic rings. The molecular weight excluding hydrogens is 447 g/mol. The number of carboxylic acids is 1. The van der Waals surface area contributed by atoms with Gasteiger partial charge in [0.15, 0.2) is 11.6 Å². The summed E-state index contributed by atoms with van der Waals surface area (Å²) in [5.41, 5.74) is -0.910. The van der Waals surface area contributed by atoms with E-state index in [1.54, 1.807) is 23.6 Å². The molecule has 1 unspecified atom stereocenters. The quantitative estimate of drug-likeness (QED) is 0.460. The first-order valence-corrected chi connectivity index (χ1v) is 11.1. The standard InChI is InChI=1S/C26H28F3NO4/c1-24(2)14-34-26(4,11-10-25(3,13-27)23(32)33)21-20-18(6-5-7-19(20)31)30(22(21)24)15-8-9-16(28)17(29)12-15/h5-9,12,31H,10-11,13-14H2,1-4H3,(H,32,33)/t25?,26-/m1/s1. The van der Waals surface area contributed by atoms with Crippen molar-refractivity contribution in [2.45, 2.75) is 51.6 Å². The first kappa shape index (κ1) is 24.1. The highest BCUT2D eigenvalue weighted by molar-refractivity contribution is 5.94. The van der Waals surface area contributed by atoms with Crippen LogP contribution in [0.2, 0.25) is 0 Å². The van der Waals surface area contributed by atoms with E-state index in [4.69, 9.17) is 4.74 Å². The molecule has 0 bridgehead atoms. The molecule has 0 radical (unpaired) electrons. The second kappa shape index (κ2) is 8.05. The number of halogens is 3. The Morgan fingerprint density at radius 2 is 1.88 bits per heavy atom. The van der Waals surface area contributed by atoms with E-state index in [0.717, 1.165) is 17.8 Å². The Kier molecular flexibility index (Phi) is 5.71. The van der Waals surface area contributed by atoms with Gasteiger partial charge in [0.1, 0.15) is 12.4 Å². The molecule has 1 aliphatic heterocycles. The summed E-state index contributed by atoms with van der Waals surface area (Å²) in [6.45, 7) is 6.26. The van der Waals surface area contributed by atoms with Crippen LogP contribution in [-0.2, 0) is 20.5 Å². The van der Waals surface area contributed by atoms with Crippen LogP contribution in [0, 0.1) is 17.0 Å². The van der Waals surface area contributed by atoms with Crippen molar-refractivity contribution >= 4 is 16.9 Å². The number of benzene rings is 2. The fourth-order valence-corrected chi connectivity index (χ4v) is 4.79. The number of phenolic OH excluding ortho intramolecular Hbond substituents is 1. The zero-order valence-corrected chi connectivity index (χ0v) is 19.6. The van der Waals surface area contributed by atoms with Gasteiger partial charge in [-0.05, 0) is 51.0 Å². The summed E-state index contributed by atoms with van der Waals surface area (Å²) < 4.78 is 49.7. The highest BCUT2D eigenvalue weighted by Gasteiger charge is 2.47. The summed E-state index contributed by atoms with van der Waals surface area (Å²) in [5, 5.41) is 20.9. The molecule has 0 amide bonds. The molecule has 2 atom stereocenters. The van der Waals surface area contributed by atoms with Gasteiger partial charge in [-0.2, -0.15) is 0 Å². The lowest BCUT2D eigenvalue weighted by Gasteiger charge is -2.43. The molecule has 182 valence electrons. The zero-order chi connectivity index (χ0) is 25.1. The summed E-state index contributed by atoms with van der Waals surface area (Å²) in [7, 11) is 0. The Morgan fingerprint density at radius 3 is 2.50 bits per heavy atom. The van der Waals surface area contributed by atoms with Crippen LogP contribution in [0.1, 0.15) is 51.8 Å². The molecule has 2 aromatic carbocycles. The molecule has 8 heteroatoms. The molecule has 0 fully saturated rings. The van der Waals surface area contributed by atoms with Gasteiger partial charge in [0, 0.05) is 33.8 Å². The summed E-state index contributed by atoms with van der Waals surface area (Å²) in [4.78, 5) is 11.7. The number of nitrogens with zero attached hydrogens (tertiary/aromatic N) is 1. The highest BCUT2D eigenvalue weighted by atomic mass is 19.2. The first-order valence-electron chi connectivity index (χ1n) is 11.1. The van der Waals surface area contributed by atoms with Crippen LogP contribution < -0.4 is 0 Å². The van der Waals surface area contributed by atoms with E-state index in [9.17, 15) is 28.2 Å². The van der Waals surface area contributed by atoms with E-state index in [1.807, 2.05) is 13.8 Å². The minimum absolute atomic E-state index is 0.000642. The second-order valence-electron chi connectivity index (χ2n) is 10.2. The van der Waals surface area contributed by atoms with Gasteiger partial charge in [-0.15, -0.1) is 0 Å². The lowest BCUT2D eigenvalue weighted by molar-refractivity contribution is -0.151. The number of ether oxygens (including phenoxy) is 1. The molecule has 4 rings (SSSR count). The molecular formula is C26H28F3NO4. The maximum atomic E-state index is 14.2. The minimum Gasteiger partial charge on any atom is -0.507 e. The van der Waals surface area contributed by atoms with Gasteiger partial charge < -0.3 is 19.5 Å². The van der Waals surface area contributed by atoms with Crippen LogP contribution in [0.4, 0.5) is 13.2 Å². The molecule has 5 nitrogen and oxygen atoms in total. The number of alkyl halides is 1. The average molecular weight is 476 g/mol. The highest BCUT2D eigenvalue weighted by Crippen LogP contribution is 2.52. The number of phenols is 1. The maximum absolute atomic E-state index is 14.2. The fraction of sp³-hybridized carbons (Fsp3) is 0.423. The number of aromatic nitrogens is 1. The topological polar surface area (TPSA) is 71.7 Å². The third kappa shape index (κ3) is 3.64. The second-order valence-corrected chi connectivity index (χ2v) is 10.2. The number of fused-ring (bicyclic) bond motifs is 3. The third-order valence-corrected chi connectivity index (χ3v) is 7.02. The SMILES string of the molecule is CC(CF)(CC[C@@]1(C)OCC(C)(C)c2c1c1c(O)cccc1n2-c1ccc(F)c(F)c1)C(=O)O. The Bertz CT molecular complexity index is 1280. The number of aliphatic carboxylic acids is 1. The molecule has 2 heterocycles. The van der Waals surface area contributed by atoms with Gasteiger partial charge in [0.05, 0.1) is 23.1 Å². The Balaban J connectivity index is 2.01. The predicted molar refractivity (Wildman–Crippen MR) is 122 cm³/mol. The van der Waals surface area contributed by atoms with E-state index in [-0.39, 0.29) is 25.2 Å². The van der Waals surface area contributed by atoms with Gasteiger partial charge in [-0.3, -0.25) is 4.79 Å². The maximum Gasteiger partial charge on any atom is 0.312 e. The fourth-order valence-electron chi connectivity index (χ4n) is 4.79. The van der Waals surface area contributed by atoms with Gasteiger partial charge >= 0.3 is 5.97 Å². The normalized spacial score (nSPS) is 21.3. The lowest BCUT2D eigenvalue weighted by atomic mass is 9.74. The molecule has 2 N–H and O–H groups in total. The van der Waals surface area contributed by atoms with Crippen molar-refractivity contribution in [3.8, 4) is 11.4 Å². The van der Waals surface area contributed by atoms with Crippen LogP contribution in [-0.4, -0.2) is 34.0 Å². The number of carboxylic acid groups (broad SMARTS) is 1. The molecule has 34 heavy (non-hydrogen) atoms. The van der Waals surface area contributed by atoms with Gasteiger partial charge in [0.2, 0.25) is 0 Å². The van der Waals surface area contributed by atoms with Crippen molar-refractivity contribution in [1.29, 1.82) is 0 Å². The minimum atomic E-state index is -1.58. The number of rotatable bonds is 6. The van der Waals surface area contributed by atoms with Crippen molar-refractivity contribution in [2.75, 3.05) is 13.3 Å². The number of hydrogen-bond acceptors (Lipinski definition) is 3. The van der Waals surface area contributed by atoms with Gasteiger partial charge in [0.25, 0.3) is 0 Å². The monoisotopic (exact) mass is 475 g/mol. The van der Waals surface area contributed by atoms with E-state index in [2.05, 4.69) is 0 Å². The van der Waals surface area contributed by atoms with Gasteiger partial charge in [-0.25, -0.2) is 13.2 Å². The van der Waals surface area contributed by atoms with E-state index < -0.39 is 40.7 Å². The Labute approximate surface area is 195 Å². The average Bonchev–Trinajstić information content (AvgIpc) is 3.16. The predicted octanol–water partition coefficient (Wildman–Crippen LogP) is 5.98. The van der Waals surface area contributed by atoms with E-state index in [0.29, 0.717) is 22.2 Å².